The maximum atomic E-state index is 12.2. The Bertz CT molecular complexity index is 426. The Labute approximate surface area is 106 Å². The van der Waals surface area contributed by atoms with Crippen LogP contribution in [0.2, 0.25) is 0 Å². The Morgan fingerprint density at radius 3 is 2.22 bits per heavy atom. The van der Waals surface area contributed by atoms with E-state index in [1.807, 2.05) is 12.2 Å². The molecule has 0 amide bonds. The summed E-state index contributed by atoms with van der Waals surface area (Å²) < 4.78 is 5.25. The second kappa shape index (κ2) is 3.84. The number of ether oxygens (including phenoxy) is 1. The summed E-state index contributed by atoms with van der Waals surface area (Å²) in [4.78, 5) is 23.6. The predicted octanol–water partition coefficient (Wildman–Crippen LogP) is 1.71. The molecular formula is C14H18O4. The average molecular weight is 250 g/mol. The largest absolute Gasteiger partial charge is 0.481 e. The van der Waals surface area contributed by atoms with Gasteiger partial charge < -0.3 is 9.84 Å². The lowest BCUT2D eigenvalue weighted by molar-refractivity contribution is -0.167. The standard InChI is InChI=1S/C14H18O4/c1-6(2)18-14(17)12-8-4-3-7(9-5-10(8)9)11(12)13(15)16/h3-4,6-12H,5H2,1-2H3,(H,15,16)/t7-,8+,9-,10+,11-,12+/m0/s1. The number of carbonyl (C=O) groups excluding carboxylic acids is 1. The molecule has 18 heavy (non-hydrogen) atoms. The van der Waals surface area contributed by atoms with Crippen molar-refractivity contribution in [1.82, 2.24) is 0 Å². The number of allylic oxidation sites excluding steroid dienone is 2. The number of carboxylic acids is 1. The minimum Gasteiger partial charge on any atom is -0.481 e. The summed E-state index contributed by atoms with van der Waals surface area (Å²) in [5.41, 5.74) is 0. The van der Waals surface area contributed by atoms with Crippen molar-refractivity contribution in [2.24, 2.45) is 35.5 Å². The van der Waals surface area contributed by atoms with Gasteiger partial charge in [-0.05, 0) is 43.9 Å². The molecule has 0 spiro atoms. The highest BCUT2D eigenvalue weighted by Gasteiger charge is 2.63. The van der Waals surface area contributed by atoms with Crippen LogP contribution in [0, 0.1) is 35.5 Å². The summed E-state index contributed by atoms with van der Waals surface area (Å²) in [7, 11) is 0. The Kier molecular flexibility index (Phi) is 2.50. The number of aliphatic carboxylic acids is 1. The van der Waals surface area contributed by atoms with Crippen LogP contribution >= 0.6 is 0 Å². The third-order valence-corrected chi connectivity index (χ3v) is 4.56. The lowest BCUT2D eigenvalue weighted by Gasteiger charge is -2.41. The predicted molar refractivity (Wildman–Crippen MR) is 63.6 cm³/mol. The molecule has 4 nitrogen and oxygen atoms in total. The fraction of sp³-hybridized carbons (Fsp3) is 0.714. The molecule has 4 heteroatoms. The van der Waals surface area contributed by atoms with Crippen LogP contribution in [0.15, 0.2) is 12.2 Å². The monoisotopic (exact) mass is 250 g/mol. The molecule has 0 radical (unpaired) electrons. The highest BCUT2D eigenvalue weighted by molar-refractivity contribution is 5.83. The van der Waals surface area contributed by atoms with E-state index < -0.39 is 17.8 Å². The molecule has 0 unspecified atom stereocenters. The zero-order chi connectivity index (χ0) is 13.0. The van der Waals surface area contributed by atoms with E-state index in [-0.39, 0.29) is 23.9 Å². The number of hydrogen-bond donors (Lipinski definition) is 1. The van der Waals surface area contributed by atoms with Crippen LogP contribution in [0.25, 0.3) is 0 Å². The molecule has 2 bridgehead atoms. The normalized spacial score (nSPS) is 43.7. The van der Waals surface area contributed by atoms with Gasteiger partial charge in [0.25, 0.3) is 0 Å². The van der Waals surface area contributed by atoms with Gasteiger partial charge in [0.15, 0.2) is 0 Å². The van der Waals surface area contributed by atoms with Crippen molar-refractivity contribution in [3.8, 4) is 0 Å². The Hall–Kier alpha value is -1.32. The molecule has 0 aliphatic heterocycles. The minimum atomic E-state index is -0.856. The molecule has 1 N–H and O–H groups in total. The van der Waals surface area contributed by atoms with E-state index in [1.165, 1.54) is 0 Å². The first-order chi connectivity index (χ1) is 8.50. The molecule has 4 aliphatic rings. The molecule has 0 aromatic rings. The number of carboxylic acid groups (broad SMARTS) is 1. The van der Waals surface area contributed by atoms with Crippen molar-refractivity contribution in [2.45, 2.75) is 26.4 Å². The van der Waals surface area contributed by atoms with Gasteiger partial charge in [-0.15, -0.1) is 0 Å². The summed E-state index contributed by atoms with van der Waals surface area (Å²) in [5, 5.41) is 9.41. The lowest BCUT2D eigenvalue weighted by Crippen LogP contribution is -2.47. The fourth-order valence-corrected chi connectivity index (χ4v) is 3.85. The van der Waals surface area contributed by atoms with Crippen molar-refractivity contribution in [1.29, 1.82) is 0 Å². The molecule has 4 aliphatic carbocycles. The SMILES string of the molecule is CC(C)OC(=O)[C@@H]1[C@@H]2C=C[C@@H]([C@@H]3C[C@H]23)[C@@H]1C(=O)O. The van der Waals surface area contributed by atoms with Crippen LogP contribution in [0.4, 0.5) is 0 Å². The van der Waals surface area contributed by atoms with E-state index >= 15 is 0 Å². The molecule has 0 saturated heterocycles. The lowest BCUT2D eigenvalue weighted by atomic mass is 9.62. The maximum Gasteiger partial charge on any atom is 0.310 e. The molecule has 4 rings (SSSR count). The van der Waals surface area contributed by atoms with Crippen molar-refractivity contribution < 1.29 is 19.4 Å². The van der Waals surface area contributed by atoms with Gasteiger partial charge >= 0.3 is 11.9 Å². The molecule has 98 valence electrons. The molecule has 6 atom stereocenters. The van der Waals surface area contributed by atoms with E-state index in [9.17, 15) is 14.7 Å². The molecular weight excluding hydrogens is 232 g/mol. The summed E-state index contributed by atoms with van der Waals surface area (Å²) in [6, 6.07) is 0. The Balaban J connectivity index is 1.89. The Morgan fingerprint density at radius 2 is 1.72 bits per heavy atom. The van der Waals surface area contributed by atoms with Gasteiger partial charge in [-0.25, -0.2) is 0 Å². The van der Waals surface area contributed by atoms with Crippen molar-refractivity contribution in [3.63, 3.8) is 0 Å². The number of rotatable bonds is 3. The zero-order valence-electron chi connectivity index (χ0n) is 10.6. The van der Waals surface area contributed by atoms with Gasteiger partial charge in [0.2, 0.25) is 0 Å². The first-order valence-corrected chi connectivity index (χ1v) is 6.62. The second-order valence-corrected chi connectivity index (χ2v) is 5.98. The quantitative estimate of drug-likeness (QED) is 0.611. The number of fused-ring (bicyclic) bond motifs is 1. The third kappa shape index (κ3) is 1.58. The molecule has 0 aromatic heterocycles. The maximum absolute atomic E-state index is 12.2. The van der Waals surface area contributed by atoms with E-state index in [4.69, 9.17) is 4.74 Å². The van der Waals surface area contributed by atoms with Crippen molar-refractivity contribution >= 4 is 11.9 Å². The van der Waals surface area contributed by atoms with E-state index in [2.05, 4.69) is 0 Å². The number of esters is 1. The van der Waals surface area contributed by atoms with Crippen LogP contribution in [-0.4, -0.2) is 23.1 Å². The smallest absolute Gasteiger partial charge is 0.310 e. The van der Waals surface area contributed by atoms with E-state index in [1.54, 1.807) is 13.8 Å². The van der Waals surface area contributed by atoms with Crippen LogP contribution in [0.1, 0.15) is 20.3 Å². The molecule has 0 aromatic carbocycles. The highest BCUT2D eigenvalue weighted by Crippen LogP contribution is 2.63. The average Bonchev–Trinajstić information content (AvgIpc) is 3.07. The summed E-state index contributed by atoms with van der Waals surface area (Å²) in [5.74, 6) is -1.15. The van der Waals surface area contributed by atoms with Gasteiger partial charge in [0, 0.05) is 0 Å². The molecule has 2 fully saturated rings. The van der Waals surface area contributed by atoms with Gasteiger partial charge in [-0.3, -0.25) is 9.59 Å². The second-order valence-electron chi connectivity index (χ2n) is 5.98. The van der Waals surface area contributed by atoms with Gasteiger partial charge in [-0.1, -0.05) is 12.2 Å². The van der Waals surface area contributed by atoms with Gasteiger partial charge in [-0.2, -0.15) is 0 Å². The minimum absolute atomic E-state index is 0.0298. The summed E-state index contributed by atoms with van der Waals surface area (Å²) in [6.07, 6.45) is 4.94. The zero-order valence-corrected chi connectivity index (χ0v) is 10.6. The first kappa shape index (κ1) is 11.8. The first-order valence-electron chi connectivity index (χ1n) is 6.62. The van der Waals surface area contributed by atoms with Crippen LogP contribution in [-0.2, 0) is 14.3 Å². The van der Waals surface area contributed by atoms with Crippen molar-refractivity contribution in [3.05, 3.63) is 12.2 Å². The topological polar surface area (TPSA) is 63.6 Å². The van der Waals surface area contributed by atoms with Crippen molar-refractivity contribution in [2.75, 3.05) is 0 Å². The van der Waals surface area contributed by atoms with Gasteiger partial charge in [0.05, 0.1) is 17.9 Å². The fourth-order valence-electron chi connectivity index (χ4n) is 3.85. The van der Waals surface area contributed by atoms with E-state index in [0.29, 0.717) is 11.8 Å². The van der Waals surface area contributed by atoms with Crippen LogP contribution < -0.4 is 0 Å². The van der Waals surface area contributed by atoms with Crippen LogP contribution in [0.5, 0.6) is 0 Å². The molecule has 2 saturated carbocycles. The van der Waals surface area contributed by atoms with E-state index in [0.717, 1.165) is 6.42 Å². The summed E-state index contributed by atoms with van der Waals surface area (Å²) in [6.45, 7) is 3.59. The Morgan fingerprint density at radius 1 is 1.17 bits per heavy atom. The number of hydrogen-bond acceptors (Lipinski definition) is 3. The van der Waals surface area contributed by atoms with Gasteiger partial charge in [0.1, 0.15) is 0 Å². The highest BCUT2D eigenvalue weighted by atomic mass is 16.5. The van der Waals surface area contributed by atoms with Crippen LogP contribution in [0.3, 0.4) is 0 Å². The molecule has 0 heterocycles. The number of carbonyl (C=O) groups is 2. The summed E-state index contributed by atoms with van der Waals surface area (Å²) >= 11 is 0. The third-order valence-electron chi connectivity index (χ3n) is 4.56.